The van der Waals surface area contributed by atoms with Crippen LogP contribution >= 0.6 is 0 Å². The van der Waals surface area contributed by atoms with Gasteiger partial charge in [-0.2, -0.15) is 10.2 Å². The third-order valence-corrected chi connectivity index (χ3v) is 3.26. The lowest BCUT2D eigenvalue weighted by molar-refractivity contribution is 0.396. The summed E-state index contributed by atoms with van der Waals surface area (Å²) in [6.07, 6.45) is 1.28. The molecule has 0 aromatic heterocycles. The van der Waals surface area contributed by atoms with Crippen LogP contribution in [0.2, 0.25) is 0 Å². The van der Waals surface area contributed by atoms with Gasteiger partial charge in [-0.25, -0.2) is 0 Å². The van der Waals surface area contributed by atoms with Crippen molar-refractivity contribution in [1.29, 1.82) is 10.8 Å². The van der Waals surface area contributed by atoms with Crippen molar-refractivity contribution in [3.05, 3.63) is 0 Å². The van der Waals surface area contributed by atoms with Crippen LogP contribution in [0, 0.1) is 22.7 Å². The number of azo groups is 1. The summed E-state index contributed by atoms with van der Waals surface area (Å²) in [5, 5.41) is 24.1. The maximum atomic E-state index is 7.74. The third kappa shape index (κ3) is 5.27. The number of amidine groups is 2. The zero-order valence-corrected chi connectivity index (χ0v) is 13.6. The van der Waals surface area contributed by atoms with E-state index in [9.17, 15) is 0 Å². The predicted molar refractivity (Wildman–Crippen MR) is 84.4 cm³/mol. The molecule has 0 aromatic rings. The van der Waals surface area contributed by atoms with E-state index < -0.39 is 11.1 Å². The summed E-state index contributed by atoms with van der Waals surface area (Å²) < 4.78 is 0. The number of nitrogens with one attached hydrogen (secondary N) is 2. The fourth-order valence-corrected chi connectivity index (χ4v) is 2.22. The van der Waals surface area contributed by atoms with Gasteiger partial charge in [0.05, 0.1) is 0 Å². The maximum absolute atomic E-state index is 7.74. The topological polar surface area (TPSA) is 124 Å². The minimum atomic E-state index is -0.831. The highest BCUT2D eigenvalue weighted by atomic mass is 15.2. The number of nitrogens with zero attached hydrogens (tertiary/aromatic N) is 2. The second-order valence-electron chi connectivity index (χ2n) is 6.77. The molecule has 0 amide bonds. The first-order valence-corrected chi connectivity index (χ1v) is 7.06. The summed E-state index contributed by atoms with van der Waals surface area (Å²) >= 11 is 0. The number of rotatable bonds is 8. The molecule has 2 atom stereocenters. The molecule has 0 aliphatic carbocycles. The van der Waals surface area contributed by atoms with Crippen LogP contribution in [0.15, 0.2) is 10.2 Å². The predicted octanol–water partition coefficient (Wildman–Crippen LogP) is 2.92. The summed E-state index contributed by atoms with van der Waals surface area (Å²) in [7, 11) is 0. The van der Waals surface area contributed by atoms with Crippen LogP contribution < -0.4 is 11.5 Å². The summed E-state index contributed by atoms with van der Waals surface area (Å²) in [6, 6.07) is 0. The highest BCUT2D eigenvalue weighted by Crippen LogP contribution is 2.26. The Bertz CT molecular complexity index is 351. The second-order valence-corrected chi connectivity index (χ2v) is 6.77. The van der Waals surface area contributed by atoms with E-state index in [1.165, 1.54) is 0 Å². The molecule has 6 N–H and O–H groups in total. The Balaban J connectivity index is 5.36. The van der Waals surface area contributed by atoms with E-state index in [2.05, 4.69) is 37.9 Å². The van der Waals surface area contributed by atoms with Crippen LogP contribution in [0.3, 0.4) is 0 Å². The Hall–Kier alpha value is -1.46. The van der Waals surface area contributed by atoms with Crippen LogP contribution in [0.25, 0.3) is 0 Å². The Labute approximate surface area is 122 Å². The van der Waals surface area contributed by atoms with Gasteiger partial charge in [0.15, 0.2) is 0 Å². The van der Waals surface area contributed by atoms with Crippen molar-refractivity contribution in [3.8, 4) is 0 Å². The lowest BCUT2D eigenvalue weighted by Gasteiger charge is -2.29. The molecule has 2 unspecified atom stereocenters. The molecule has 0 heterocycles. The normalized spacial score (nSPS) is 18.2. The molecule has 6 nitrogen and oxygen atoms in total. The molecular formula is C14H30N6. The lowest BCUT2D eigenvalue weighted by atomic mass is 9.89. The Kier molecular flexibility index (Phi) is 6.32. The average molecular weight is 282 g/mol. The molecule has 0 fully saturated rings. The first kappa shape index (κ1) is 18.5. The molecule has 0 aromatic carbocycles. The largest absolute Gasteiger partial charge is 0.386 e. The molecule has 0 radical (unpaired) electrons. The number of nitrogens with two attached hydrogens (primary N) is 2. The van der Waals surface area contributed by atoms with Gasteiger partial charge in [-0.1, -0.05) is 27.7 Å². The maximum Gasteiger partial charge on any atom is 0.135 e. The quantitative estimate of drug-likeness (QED) is 0.310. The van der Waals surface area contributed by atoms with Gasteiger partial charge in [0.2, 0.25) is 0 Å². The monoisotopic (exact) mass is 282 g/mol. The summed E-state index contributed by atoms with van der Waals surface area (Å²) in [5.41, 5.74) is 9.68. The van der Waals surface area contributed by atoms with Gasteiger partial charge in [-0.05, 0) is 38.5 Å². The molecule has 0 aliphatic heterocycles. The van der Waals surface area contributed by atoms with Crippen LogP contribution in [0.1, 0.15) is 54.4 Å². The van der Waals surface area contributed by atoms with Gasteiger partial charge in [0.25, 0.3) is 0 Å². The van der Waals surface area contributed by atoms with Gasteiger partial charge in [-0.3, -0.25) is 10.8 Å². The van der Waals surface area contributed by atoms with Gasteiger partial charge >= 0.3 is 0 Å². The molecule has 0 saturated carbocycles. The minimum absolute atomic E-state index is 0.00889. The van der Waals surface area contributed by atoms with Gasteiger partial charge in [0.1, 0.15) is 22.7 Å². The molecule has 0 spiro atoms. The zero-order valence-electron chi connectivity index (χ0n) is 13.6. The van der Waals surface area contributed by atoms with Crippen LogP contribution in [0.5, 0.6) is 0 Å². The van der Waals surface area contributed by atoms with Crippen molar-refractivity contribution >= 4 is 11.7 Å². The summed E-state index contributed by atoms with van der Waals surface area (Å²) in [5.74, 6) is 0.670. The molecule has 0 saturated heterocycles. The van der Waals surface area contributed by atoms with Crippen molar-refractivity contribution in [1.82, 2.24) is 0 Å². The Morgan fingerprint density at radius 2 is 1.10 bits per heavy atom. The van der Waals surface area contributed by atoms with E-state index in [-0.39, 0.29) is 11.7 Å². The number of hydrogen-bond donors (Lipinski definition) is 4. The van der Waals surface area contributed by atoms with E-state index >= 15 is 0 Å². The van der Waals surface area contributed by atoms with Crippen molar-refractivity contribution in [2.24, 2.45) is 33.5 Å². The average Bonchev–Trinajstić information content (AvgIpc) is 2.24. The van der Waals surface area contributed by atoms with Crippen LogP contribution in [-0.2, 0) is 0 Å². The van der Waals surface area contributed by atoms with Crippen molar-refractivity contribution < 1.29 is 0 Å². The van der Waals surface area contributed by atoms with E-state index in [0.29, 0.717) is 24.7 Å². The SMILES string of the molecule is CC(C)CC(C)(/N=N/C(C)(CC(C)C)C(=N)N)C(=N)N. The second kappa shape index (κ2) is 6.81. The fourth-order valence-electron chi connectivity index (χ4n) is 2.22. The van der Waals surface area contributed by atoms with Crippen molar-refractivity contribution in [3.63, 3.8) is 0 Å². The molecule has 116 valence electrons. The molecule has 0 bridgehead atoms. The molecule has 6 heteroatoms. The highest BCUT2D eigenvalue weighted by molar-refractivity contribution is 5.88. The molecule has 0 aliphatic rings. The number of hydrogen-bond acceptors (Lipinski definition) is 4. The standard InChI is InChI=1S/C14H30N6/c1-9(2)7-13(5,11(15)16)19-20-14(6,12(17)18)8-10(3)4/h9-10H,7-8H2,1-6H3,(H3,15,16)(H3,17,18)/b20-19+. The zero-order chi connectivity index (χ0) is 16.1. The lowest BCUT2D eigenvalue weighted by Crippen LogP contribution is -2.43. The van der Waals surface area contributed by atoms with Crippen molar-refractivity contribution in [2.75, 3.05) is 0 Å². The Morgan fingerprint density at radius 1 is 0.850 bits per heavy atom. The molecule has 0 rings (SSSR count). The Morgan fingerprint density at radius 3 is 1.25 bits per heavy atom. The van der Waals surface area contributed by atoms with E-state index in [4.69, 9.17) is 22.3 Å². The van der Waals surface area contributed by atoms with Gasteiger partial charge < -0.3 is 11.5 Å². The van der Waals surface area contributed by atoms with E-state index in [1.807, 2.05) is 0 Å². The van der Waals surface area contributed by atoms with E-state index in [0.717, 1.165) is 0 Å². The van der Waals surface area contributed by atoms with Crippen LogP contribution in [0.4, 0.5) is 0 Å². The summed E-state index contributed by atoms with van der Waals surface area (Å²) in [4.78, 5) is 0. The van der Waals surface area contributed by atoms with Crippen LogP contribution in [-0.4, -0.2) is 22.7 Å². The summed E-state index contributed by atoms with van der Waals surface area (Å²) in [6.45, 7) is 11.8. The smallest absolute Gasteiger partial charge is 0.135 e. The first-order chi connectivity index (χ1) is 8.93. The van der Waals surface area contributed by atoms with Crippen molar-refractivity contribution in [2.45, 2.75) is 65.5 Å². The highest BCUT2D eigenvalue weighted by Gasteiger charge is 2.33. The first-order valence-electron chi connectivity index (χ1n) is 7.06. The minimum Gasteiger partial charge on any atom is -0.386 e. The van der Waals surface area contributed by atoms with Gasteiger partial charge in [0, 0.05) is 0 Å². The molecule has 20 heavy (non-hydrogen) atoms. The van der Waals surface area contributed by atoms with Gasteiger partial charge in [-0.15, -0.1) is 0 Å². The fraction of sp³-hybridized carbons (Fsp3) is 0.857. The molecular weight excluding hydrogens is 252 g/mol. The third-order valence-electron chi connectivity index (χ3n) is 3.26. The van der Waals surface area contributed by atoms with E-state index in [1.54, 1.807) is 13.8 Å².